The second-order valence-electron chi connectivity index (χ2n) is 6.98. The number of carbonyl (C=O) groups excluding carboxylic acids is 1. The highest BCUT2D eigenvalue weighted by molar-refractivity contribution is 7.99. The summed E-state index contributed by atoms with van der Waals surface area (Å²) < 4.78 is 33.1. The first-order valence-electron chi connectivity index (χ1n) is 9.81. The maximum Gasteiger partial charge on any atom is 0.246 e. The maximum atomic E-state index is 13.1. The number of aryl methyl sites for hydroxylation is 2. The van der Waals surface area contributed by atoms with Gasteiger partial charge >= 0.3 is 0 Å². The van der Waals surface area contributed by atoms with Gasteiger partial charge in [-0.3, -0.25) is 4.79 Å². The Morgan fingerprint density at radius 3 is 2.47 bits per heavy atom. The van der Waals surface area contributed by atoms with E-state index in [0.717, 1.165) is 24.2 Å². The zero-order valence-electron chi connectivity index (χ0n) is 17.3. The van der Waals surface area contributed by atoms with Crippen LogP contribution in [0.4, 0.5) is 5.69 Å². The average molecular weight is 451 g/mol. The minimum atomic E-state index is -3.68. The van der Waals surface area contributed by atoms with Crippen LogP contribution in [0.2, 0.25) is 0 Å². The molecule has 0 atom stereocenters. The van der Waals surface area contributed by atoms with Crippen LogP contribution in [0.3, 0.4) is 0 Å². The Kier molecular flexibility index (Phi) is 7.32. The van der Waals surface area contributed by atoms with Crippen LogP contribution in [0.15, 0.2) is 34.3 Å². The molecule has 1 saturated heterocycles. The summed E-state index contributed by atoms with van der Waals surface area (Å²) >= 11 is 1.23. The summed E-state index contributed by atoms with van der Waals surface area (Å²) in [5.41, 5.74) is 2.09. The molecule has 0 unspecified atom stereocenters. The number of nitrogens with zero attached hydrogens (tertiary/aromatic N) is 3. The van der Waals surface area contributed by atoms with Crippen molar-refractivity contribution in [3.05, 3.63) is 35.7 Å². The van der Waals surface area contributed by atoms with Gasteiger partial charge < -0.3 is 10.1 Å². The molecule has 0 radical (unpaired) electrons. The van der Waals surface area contributed by atoms with E-state index in [2.05, 4.69) is 15.3 Å². The lowest BCUT2D eigenvalue weighted by Crippen LogP contribution is -2.28. The molecule has 1 N–H and O–H groups in total. The third-order valence-corrected chi connectivity index (χ3v) is 7.27. The first-order valence-corrected chi connectivity index (χ1v) is 12.2. The van der Waals surface area contributed by atoms with E-state index in [-0.39, 0.29) is 16.6 Å². The van der Waals surface area contributed by atoms with E-state index in [1.807, 2.05) is 19.9 Å². The number of sulfonamides is 1. The van der Waals surface area contributed by atoms with Crippen molar-refractivity contribution in [2.45, 2.75) is 43.7 Å². The van der Waals surface area contributed by atoms with Gasteiger partial charge in [0, 0.05) is 30.2 Å². The molecular weight excluding hydrogens is 424 g/mol. The number of hydrogen-bond donors (Lipinski definition) is 1. The molecule has 1 fully saturated rings. The van der Waals surface area contributed by atoms with Crippen LogP contribution in [0.5, 0.6) is 5.75 Å². The summed E-state index contributed by atoms with van der Waals surface area (Å²) in [6.07, 6.45) is 1.69. The maximum absolute atomic E-state index is 13.1. The van der Waals surface area contributed by atoms with Crippen molar-refractivity contribution in [1.82, 2.24) is 14.3 Å². The number of ether oxygens (including phenoxy) is 1. The first-order chi connectivity index (χ1) is 14.3. The number of nitrogens with one attached hydrogen (secondary N) is 1. The monoisotopic (exact) mass is 450 g/mol. The summed E-state index contributed by atoms with van der Waals surface area (Å²) in [5.74, 6) is 0.140. The number of anilines is 1. The SMILES string of the molecule is CCOc1ccc(NC(=O)CSc2nc(C)cc(C)n2)cc1S(=O)(=O)N1CCCC1. The highest BCUT2D eigenvalue weighted by Crippen LogP contribution is 2.31. The topological polar surface area (TPSA) is 101 Å². The Balaban J connectivity index is 1.74. The normalized spacial score (nSPS) is 14.6. The number of rotatable bonds is 8. The lowest BCUT2D eigenvalue weighted by molar-refractivity contribution is -0.113. The summed E-state index contributed by atoms with van der Waals surface area (Å²) in [4.78, 5) is 21.1. The van der Waals surface area contributed by atoms with Crippen molar-refractivity contribution in [1.29, 1.82) is 0 Å². The molecule has 30 heavy (non-hydrogen) atoms. The fraction of sp³-hybridized carbons (Fsp3) is 0.450. The number of hydrogen-bond acceptors (Lipinski definition) is 7. The molecule has 2 heterocycles. The highest BCUT2D eigenvalue weighted by atomic mass is 32.2. The van der Waals surface area contributed by atoms with Crippen molar-refractivity contribution >= 4 is 33.4 Å². The van der Waals surface area contributed by atoms with E-state index >= 15 is 0 Å². The van der Waals surface area contributed by atoms with E-state index in [0.29, 0.717) is 36.3 Å². The lowest BCUT2D eigenvalue weighted by atomic mass is 10.3. The van der Waals surface area contributed by atoms with Gasteiger partial charge in [-0.1, -0.05) is 11.8 Å². The van der Waals surface area contributed by atoms with Crippen molar-refractivity contribution in [3.8, 4) is 5.75 Å². The number of benzene rings is 1. The molecule has 0 saturated carbocycles. The average Bonchev–Trinajstić information content (AvgIpc) is 3.23. The molecule has 1 amide bonds. The molecule has 1 aliphatic rings. The largest absolute Gasteiger partial charge is 0.492 e. The van der Waals surface area contributed by atoms with Gasteiger partial charge in [0.15, 0.2) is 5.16 Å². The Hall–Kier alpha value is -2.17. The van der Waals surface area contributed by atoms with Gasteiger partial charge in [0.1, 0.15) is 10.6 Å². The fourth-order valence-corrected chi connectivity index (χ4v) is 5.64. The molecule has 1 aliphatic heterocycles. The van der Waals surface area contributed by atoms with Crippen LogP contribution in [-0.2, 0) is 14.8 Å². The van der Waals surface area contributed by atoms with E-state index in [9.17, 15) is 13.2 Å². The molecular formula is C20H26N4O4S2. The van der Waals surface area contributed by atoms with E-state index in [1.54, 1.807) is 19.1 Å². The Morgan fingerprint density at radius 2 is 1.83 bits per heavy atom. The van der Waals surface area contributed by atoms with Crippen molar-refractivity contribution < 1.29 is 17.9 Å². The number of amides is 1. The molecule has 3 rings (SSSR count). The van der Waals surface area contributed by atoms with Crippen LogP contribution in [-0.4, -0.2) is 54.0 Å². The van der Waals surface area contributed by atoms with Gasteiger partial charge in [-0.15, -0.1) is 0 Å². The minimum absolute atomic E-state index is 0.0781. The third-order valence-electron chi connectivity index (χ3n) is 4.50. The lowest BCUT2D eigenvalue weighted by Gasteiger charge is -2.19. The van der Waals surface area contributed by atoms with E-state index in [1.165, 1.54) is 22.1 Å². The predicted octanol–water partition coefficient (Wildman–Crippen LogP) is 3.01. The molecule has 0 bridgehead atoms. The Labute approximate surface area is 181 Å². The van der Waals surface area contributed by atoms with Crippen molar-refractivity contribution in [2.24, 2.45) is 0 Å². The van der Waals surface area contributed by atoms with E-state index in [4.69, 9.17) is 4.74 Å². The predicted molar refractivity (Wildman–Crippen MR) is 116 cm³/mol. The van der Waals surface area contributed by atoms with Crippen LogP contribution >= 0.6 is 11.8 Å². The van der Waals surface area contributed by atoms with Crippen LogP contribution in [0.25, 0.3) is 0 Å². The number of carbonyl (C=O) groups is 1. The quantitative estimate of drug-likeness (QED) is 0.487. The van der Waals surface area contributed by atoms with Crippen LogP contribution in [0, 0.1) is 13.8 Å². The molecule has 0 aliphatic carbocycles. The highest BCUT2D eigenvalue weighted by Gasteiger charge is 2.30. The van der Waals surface area contributed by atoms with Gasteiger partial charge in [-0.2, -0.15) is 4.31 Å². The Bertz CT molecular complexity index is 1000. The Morgan fingerprint density at radius 1 is 1.17 bits per heavy atom. The van der Waals surface area contributed by atoms with Gasteiger partial charge in [0.05, 0.1) is 12.4 Å². The van der Waals surface area contributed by atoms with Crippen LogP contribution < -0.4 is 10.1 Å². The zero-order chi connectivity index (χ0) is 21.7. The van der Waals surface area contributed by atoms with Gasteiger partial charge in [0.2, 0.25) is 15.9 Å². The number of thioether (sulfide) groups is 1. The summed E-state index contributed by atoms with van der Waals surface area (Å²) in [6, 6.07) is 6.56. The van der Waals surface area contributed by atoms with Gasteiger partial charge in [0.25, 0.3) is 0 Å². The molecule has 8 nitrogen and oxygen atoms in total. The van der Waals surface area contributed by atoms with Gasteiger partial charge in [-0.25, -0.2) is 18.4 Å². The van der Waals surface area contributed by atoms with E-state index < -0.39 is 10.0 Å². The molecule has 1 aromatic carbocycles. The zero-order valence-corrected chi connectivity index (χ0v) is 19.0. The first kappa shape index (κ1) is 22.5. The smallest absolute Gasteiger partial charge is 0.246 e. The van der Waals surface area contributed by atoms with Crippen molar-refractivity contribution in [3.63, 3.8) is 0 Å². The van der Waals surface area contributed by atoms with Gasteiger partial charge in [-0.05, 0) is 57.9 Å². The van der Waals surface area contributed by atoms with Crippen molar-refractivity contribution in [2.75, 3.05) is 30.8 Å². The fourth-order valence-electron chi connectivity index (χ4n) is 3.22. The standard InChI is InChI=1S/C20H26N4O4S2/c1-4-28-17-8-7-16(12-18(17)30(26,27)24-9-5-6-10-24)23-19(25)13-29-20-21-14(2)11-15(3)22-20/h7-8,11-12H,4-6,9-10,13H2,1-3H3,(H,23,25). The minimum Gasteiger partial charge on any atom is -0.492 e. The second-order valence-corrected chi connectivity index (χ2v) is 9.82. The molecule has 162 valence electrons. The van der Waals surface area contributed by atoms with Crippen LogP contribution in [0.1, 0.15) is 31.2 Å². The second kappa shape index (κ2) is 9.76. The third kappa shape index (κ3) is 5.50. The summed E-state index contributed by atoms with van der Waals surface area (Å²) in [6.45, 7) is 6.89. The summed E-state index contributed by atoms with van der Waals surface area (Å²) in [7, 11) is -3.68. The molecule has 1 aromatic heterocycles. The molecule has 10 heteroatoms. The summed E-state index contributed by atoms with van der Waals surface area (Å²) in [5, 5.41) is 3.29. The molecule has 0 spiro atoms. The molecule has 2 aromatic rings. The number of aromatic nitrogens is 2.